The molecular formula is C23H22BrNO3S. The van der Waals surface area contributed by atoms with Gasteiger partial charge < -0.3 is 0 Å². The van der Waals surface area contributed by atoms with E-state index in [1.54, 1.807) is 36.4 Å². The van der Waals surface area contributed by atoms with E-state index in [-0.39, 0.29) is 29.7 Å². The molecule has 0 radical (unpaired) electrons. The maximum absolute atomic E-state index is 13.2. The van der Waals surface area contributed by atoms with Crippen LogP contribution in [0.4, 0.5) is 0 Å². The highest BCUT2D eigenvalue weighted by atomic mass is 79.9. The molecule has 1 spiro atoms. The number of aryl methyl sites for hydroxylation is 1. The minimum absolute atomic E-state index is 0.0182. The van der Waals surface area contributed by atoms with Crippen LogP contribution in [0.25, 0.3) is 6.08 Å². The molecule has 0 amide bonds. The Morgan fingerprint density at radius 3 is 2.59 bits per heavy atom. The number of allylic oxidation sites excluding steroid dienone is 1. The van der Waals surface area contributed by atoms with Gasteiger partial charge in [0, 0.05) is 23.5 Å². The van der Waals surface area contributed by atoms with Crippen molar-refractivity contribution in [3.8, 4) is 0 Å². The fourth-order valence-corrected chi connectivity index (χ4v) is 6.32. The van der Waals surface area contributed by atoms with Gasteiger partial charge in [0.2, 0.25) is 10.0 Å². The monoisotopic (exact) mass is 471 g/mol. The molecule has 4 nitrogen and oxygen atoms in total. The van der Waals surface area contributed by atoms with Gasteiger partial charge in [-0.3, -0.25) is 4.79 Å². The Labute approximate surface area is 180 Å². The van der Waals surface area contributed by atoms with Gasteiger partial charge in [-0.1, -0.05) is 51.8 Å². The third-order valence-corrected chi connectivity index (χ3v) is 8.45. The number of hydrogen-bond acceptors (Lipinski definition) is 3. The molecular weight excluding hydrogens is 450 g/mol. The van der Waals surface area contributed by atoms with Gasteiger partial charge >= 0.3 is 0 Å². The number of rotatable bonds is 3. The van der Waals surface area contributed by atoms with Crippen molar-refractivity contribution in [3.63, 3.8) is 0 Å². The summed E-state index contributed by atoms with van der Waals surface area (Å²) in [7, 11) is -3.63. The standard InChI is InChI=1S/C23H22BrNO3S/c1-3-18-15-25(29(27,28)20-8-4-16(2)5-9-20)13-12-23(18)21-10-7-19(24)14-17(21)6-11-22(23)26/h3-11,14,18H,1,12-13,15H2,2H3. The van der Waals surface area contributed by atoms with Gasteiger partial charge in [-0.2, -0.15) is 4.31 Å². The zero-order valence-corrected chi connectivity index (χ0v) is 18.5. The first-order valence-electron chi connectivity index (χ1n) is 9.51. The zero-order chi connectivity index (χ0) is 20.8. The van der Waals surface area contributed by atoms with Crippen molar-refractivity contribution in [1.82, 2.24) is 4.31 Å². The molecule has 0 aromatic heterocycles. The van der Waals surface area contributed by atoms with Crippen LogP contribution in [-0.4, -0.2) is 31.6 Å². The van der Waals surface area contributed by atoms with E-state index >= 15 is 0 Å². The lowest BCUT2D eigenvalue weighted by molar-refractivity contribution is -0.122. The van der Waals surface area contributed by atoms with E-state index in [0.29, 0.717) is 6.42 Å². The predicted molar refractivity (Wildman–Crippen MR) is 118 cm³/mol. The second kappa shape index (κ2) is 7.35. The molecule has 2 aliphatic rings. The van der Waals surface area contributed by atoms with Gasteiger partial charge in [0.15, 0.2) is 5.78 Å². The first-order chi connectivity index (χ1) is 13.8. The summed E-state index contributed by atoms with van der Waals surface area (Å²) in [5, 5.41) is 0. The number of nitrogens with zero attached hydrogens (tertiary/aromatic N) is 1. The highest BCUT2D eigenvalue weighted by molar-refractivity contribution is 9.10. The van der Waals surface area contributed by atoms with Crippen molar-refractivity contribution in [3.05, 3.63) is 82.4 Å². The van der Waals surface area contributed by atoms with E-state index in [4.69, 9.17) is 0 Å². The SMILES string of the molecule is C=CC1CN(S(=O)(=O)c2ccc(C)cc2)CCC12C(=O)C=Cc1cc(Br)ccc12. The number of carbonyl (C=O) groups excluding carboxylic acids is 1. The van der Waals surface area contributed by atoms with Crippen LogP contribution in [0.15, 0.2) is 70.6 Å². The van der Waals surface area contributed by atoms with E-state index < -0.39 is 15.4 Å². The predicted octanol–water partition coefficient (Wildman–Crippen LogP) is 4.49. The number of halogens is 1. The van der Waals surface area contributed by atoms with E-state index in [0.717, 1.165) is 21.2 Å². The fraction of sp³-hybridized carbons (Fsp3) is 0.261. The minimum atomic E-state index is -3.63. The van der Waals surface area contributed by atoms with Crippen LogP contribution < -0.4 is 0 Å². The summed E-state index contributed by atoms with van der Waals surface area (Å²) in [6.07, 6.45) is 5.62. The molecule has 1 fully saturated rings. The Balaban J connectivity index is 1.73. The van der Waals surface area contributed by atoms with Crippen LogP contribution in [0.2, 0.25) is 0 Å². The average Bonchev–Trinajstić information content (AvgIpc) is 2.71. The molecule has 150 valence electrons. The quantitative estimate of drug-likeness (QED) is 0.619. The smallest absolute Gasteiger partial charge is 0.243 e. The van der Waals surface area contributed by atoms with Gasteiger partial charge in [0.05, 0.1) is 10.3 Å². The molecule has 1 aliphatic heterocycles. The lowest BCUT2D eigenvalue weighted by atomic mass is 9.61. The van der Waals surface area contributed by atoms with Crippen molar-refractivity contribution in [2.45, 2.75) is 23.7 Å². The third kappa shape index (κ3) is 3.23. The fourth-order valence-electron chi connectivity index (χ4n) is 4.47. The van der Waals surface area contributed by atoms with Crippen molar-refractivity contribution < 1.29 is 13.2 Å². The lowest BCUT2D eigenvalue weighted by Crippen LogP contribution is -2.55. The third-order valence-electron chi connectivity index (χ3n) is 6.08. The van der Waals surface area contributed by atoms with Crippen LogP contribution in [0.5, 0.6) is 0 Å². The molecule has 0 saturated carbocycles. The summed E-state index contributed by atoms with van der Waals surface area (Å²) in [6.45, 7) is 6.39. The zero-order valence-electron chi connectivity index (χ0n) is 16.1. The Hall–Kier alpha value is -2.02. The van der Waals surface area contributed by atoms with Crippen molar-refractivity contribution in [2.24, 2.45) is 5.92 Å². The van der Waals surface area contributed by atoms with E-state index in [1.807, 2.05) is 31.2 Å². The molecule has 2 aromatic rings. The summed E-state index contributed by atoms with van der Waals surface area (Å²) < 4.78 is 28.8. The van der Waals surface area contributed by atoms with Gasteiger partial charge in [-0.05, 0) is 54.8 Å². The summed E-state index contributed by atoms with van der Waals surface area (Å²) in [5.74, 6) is -0.293. The number of sulfonamides is 1. The van der Waals surface area contributed by atoms with Crippen molar-refractivity contribution >= 4 is 37.8 Å². The maximum atomic E-state index is 13.2. The maximum Gasteiger partial charge on any atom is 0.243 e. The Bertz CT molecular complexity index is 1120. The molecule has 1 saturated heterocycles. The Morgan fingerprint density at radius 2 is 1.90 bits per heavy atom. The van der Waals surface area contributed by atoms with Gasteiger partial charge in [-0.25, -0.2) is 8.42 Å². The van der Waals surface area contributed by atoms with Crippen molar-refractivity contribution in [1.29, 1.82) is 0 Å². The summed E-state index contributed by atoms with van der Waals surface area (Å²) in [6, 6.07) is 12.8. The minimum Gasteiger partial charge on any atom is -0.294 e. The normalized spacial score (nSPS) is 24.5. The molecule has 6 heteroatoms. The van der Waals surface area contributed by atoms with E-state index in [9.17, 15) is 13.2 Å². The number of benzene rings is 2. The van der Waals surface area contributed by atoms with Crippen LogP contribution in [0.3, 0.4) is 0 Å². The second-order valence-electron chi connectivity index (χ2n) is 7.67. The summed E-state index contributed by atoms with van der Waals surface area (Å²) in [5.41, 5.74) is 2.17. The van der Waals surface area contributed by atoms with Crippen LogP contribution in [-0.2, 0) is 20.2 Å². The van der Waals surface area contributed by atoms with E-state index in [2.05, 4.69) is 22.5 Å². The van der Waals surface area contributed by atoms with Crippen LogP contribution >= 0.6 is 15.9 Å². The highest BCUT2D eigenvalue weighted by Crippen LogP contribution is 2.46. The van der Waals surface area contributed by atoms with Gasteiger partial charge in [0.25, 0.3) is 0 Å². The lowest BCUT2D eigenvalue weighted by Gasteiger charge is -2.47. The Morgan fingerprint density at radius 1 is 1.17 bits per heavy atom. The number of fused-ring (bicyclic) bond motifs is 2. The van der Waals surface area contributed by atoms with Crippen LogP contribution in [0.1, 0.15) is 23.1 Å². The van der Waals surface area contributed by atoms with Crippen molar-refractivity contribution in [2.75, 3.05) is 13.1 Å². The second-order valence-corrected chi connectivity index (χ2v) is 10.5. The average molecular weight is 472 g/mol. The first kappa shape index (κ1) is 20.3. The highest BCUT2D eigenvalue weighted by Gasteiger charge is 2.51. The number of piperidine rings is 1. The molecule has 4 rings (SSSR count). The molecule has 0 bridgehead atoms. The molecule has 2 aromatic carbocycles. The molecule has 1 heterocycles. The Kier molecular flexibility index (Phi) is 5.13. The molecule has 2 unspecified atom stereocenters. The van der Waals surface area contributed by atoms with Gasteiger partial charge in [-0.15, -0.1) is 6.58 Å². The van der Waals surface area contributed by atoms with E-state index in [1.165, 1.54) is 4.31 Å². The summed E-state index contributed by atoms with van der Waals surface area (Å²) >= 11 is 3.49. The molecule has 2 atom stereocenters. The van der Waals surface area contributed by atoms with Crippen LogP contribution in [0, 0.1) is 12.8 Å². The topological polar surface area (TPSA) is 54.5 Å². The largest absolute Gasteiger partial charge is 0.294 e. The number of hydrogen-bond donors (Lipinski definition) is 0. The summed E-state index contributed by atoms with van der Waals surface area (Å²) in [4.78, 5) is 13.4. The number of carbonyl (C=O) groups is 1. The molecule has 1 aliphatic carbocycles. The van der Waals surface area contributed by atoms with Gasteiger partial charge in [0.1, 0.15) is 0 Å². The molecule has 0 N–H and O–H groups in total. The first-order valence-corrected chi connectivity index (χ1v) is 11.7. The molecule has 29 heavy (non-hydrogen) atoms. The number of ketones is 1.